The van der Waals surface area contributed by atoms with E-state index >= 15 is 0 Å². The summed E-state index contributed by atoms with van der Waals surface area (Å²) in [6.45, 7) is 1.90. The third-order valence-electron chi connectivity index (χ3n) is 2.05. The highest BCUT2D eigenvalue weighted by atomic mass is 16.6. The second kappa shape index (κ2) is 5.81. The van der Waals surface area contributed by atoms with Gasteiger partial charge in [-0.25, -0.2) is 4.79 Å². The van der Waals surface area contributed by atoms with Crippen LogP contribution in [0.2, 0.25) is 0 Å². The van der Waals surface area contributed by atoms with Crippen molar-refractivity contribution in [1.82, 2.24) is 5.48 Å². The van der Waals surface area contributed by atoms with E-state index in [0.717, 1.165) is 11.6 Å². The molecular weight excluding hydrogens is 222 g/mol. The van der Waals surface area contributed by atoms with E-state index in [1.807, 2.05) is 6.92 Å². The van der Waals surface area contributed by atoms with Gasteiger partial charge in [-0.15, -0.1) is 0 Å². The van der Waals surface area contributed by atoms with Gasteiger partial charge in [-0.3, -0.25) is 15.1 Å². The number of rotatable bonds is 5. The second-order valence-electron chi connectivity index (χ2n) is 3.40. The second-order valence-corrected chi connectivity index (χ2v) is 3.40. The van der Waals surface area contributed by atoms with Gasteiger partial charge in [0.2, 0.25) is 0 Å². The Morgan fingerprint density at radius 2 is 1.88 bits per heavy atom. The number of carboxylic acid groups (broad SMARTS) is 1. The van der Waals surface area contributed by atoms with E-state index < -0.39 is 11.8 Å². The summed E-state index contributed by atoms with van der Waals surface area (Å²) in [5, 5.41) is 8.78. The van der Waals surface area contributed by atoms with E-state index in [1.165, 1.54) is 7.11 Å². The summed E-state index contributed by atoms with van der Waals surface area (Å²) in [6.07, 6.45) is 0.983. The monoisotopic (exact) mass is 235 g/mol. The molecule has 0 unspecified atom stereocenters. The van der Waals surface area contributed by atoms with E-state index in [0.29, 0.717) is 5.56 Å². The van der Waals surface area contributed by atoms with Gasteiger partial charge in [0.15, 0.2) is 5.78 Å². The molecule has 17 heavy (non-hydrogen) atoms. The highest BCUT2D eigenvalue weighted by Gasteiger charge is 2.10. The predicted molar refractivity (Wildman–Crippen MR) is 61.4 cm³/mol. The SMILES string of the molecule is CONC(=CC(=O)c1ccc(C)cc1)C(=O)O. The van der Waals surface area contributed by atoms with Crippen LogP contribution in [0.3, 0.4) is 0 Å². The molecule has 5 heteroatoms. The Labute approximate surface area is 98.7 Å². The first-order chi connectivity index (χ1) is 8.04. The van der Waals surface area contributed by atoms with E-state index in [9.17, 15) is 9.59 Å². The van der Waals surface area contributed by atoms with Crippen molar-refractivity contribution in [3.63, 3.8) is 0 Å². The van der Waals surface area contributed by atoms with Crippen molar-refractivity contribution in [1.29, 1.82) is 0 Å². The molecule has 0 bridgehead atoms. The van der Waals surface area contributed by atoms with Gasteiger partial charge in [0.05, 0.1) is 7.11 Å². The molecule has 0 aromatic heterocycles. The Morgan fingerprint density at radius 3 is 2.35 bits per heavy atom. The smallest absolute Gasteiger partial charge is 0.354 e. The van der Waals surface area contributed by atoms with E-state index in [1.54, 1.807) is 24.3 Å². The molecule has 0 aliphatic heterocycles. The van der Waals surface area contributed by atoms with Crippen LogP contribution in [0.15, 0.2) is 36.0 Å². The van der Waals surface area contributed by atoms with Crippen LogP contribution in [0.1, 0.15) is 15.9 Å². The van der Waals surface area contributed by atoms with Crippen LogP contribution in [-0.2, 0) is 9.63 Å². The lowest BCUT2D eigenvalue weighted by atomic mass is 10.1. The first-order valence-corrected chi connectivity index (χ1v) is 4.89. The number of carboxylic acids is 1. The van der Waals surface area contributed by atoms with E-state index in [-0.39, 0.29) is 5.70 Å². The lowest BCUT2D eigenvalue weighted by molar-refractivity contribution is -0.134. The van der Waals surface area contributed by atoms with E-state index in [4.69, 9.17) is 5.11 Å². The molecule has 0 amide bonds. The number of hydrogen-bond donors (Lipinski definition) is 2. The fraction of sp³-hybridized carbons (Fsp3) is 0.167. The molecule has 0 atom stereocenters. The van der Waals surface area contributed by atoms with E-state index in [2.05, 4.69) is 10.3 Å². The molecule has 5 nitrogen and oxygen atoms in total. The fourth-order valence-electron chi connectivity index (χ4n) is 1.18. The third-order valence-corrected chi connectivity index (χ3v) is 2.05. The standard InChI is InChI=1S/C12H13NO4/c1-8-3-5-9(6-4-8)11(14)7-10(12(15)16)13-17-2/h3-7,13H,1-2H3,(H,15,16). The Morgan fingerprint density at radius 1 is 1.29 bits per heavy atom. The number of aliphatic carboxylic acids is 1. The van der Waals surface area contributed by atoms with Crippen molar-refractivity contribution in [2.24, 2.45) is 0 Å². The summed E-state index contributed by atoms with van der Waals surface area (Å²) in [4.78, 5) is 26.9. The van der Waals surface area contributed by atoms with Gasteiger partial charge >= 0.3 is 5.97 Å². The van der Waals surface area contributed by atoms with Crippen molar-refractivity contribution in [3.05, 3.63) is 47.2 Å². The first kappa shape index (κ1) is 12.9. The molecule has 0 aliphatic rings. The quantitative estimate of drug-likeness (QED) is 0.457. The van der Waals surface area contributed by atoms with Gasteiger partial charge in [0.1, 0.15) is 5.70 Å². The molecule has 0 heterocycles. The van der Waals surface area contributed by atoms with Crippen LogP contribution in [0.25, 0.3) is 0 Å². The zero-order valence-corrected chi connectivity index (χ0v) is 9.56. The summed E-state index contributed by atoms with van der Waals surface area (Å²) in [6, 6.07) is 6.84. The van der Waals surface area contributed by atoms with Crippen LogP contribution < -0.4 is 5.48 Å². The number of hydrogen-bond acceptors (Lipinski definition) is 4. The Kier molecular flexibility index (Phi) is 4.42. The zero-order chi connectivity index (χ0) is 12.8. The fourth-order valence-corrected chi connectivity index (χ4v) is 1.18. The van der Waals surface area contributed by atoms with Gasteiger partial charge < -0.3 is 5.11 Å². The Balaban J connectivity index is 2.92. The van der Waals surface area contributed by atoms with Crippen LogP contribution in [0.4, 0.5) is 0 Å². The predicted octanol–water partition coefficient (Wildman–Crippen LogP) is 1.30. The highest BCUT2D eigenvalue weighted by Crippen LogP contribution is 2.06. The molecule has 0 fully saturated rings. The molecule has 1 rings (SSSR count). The van der Waals surface area contributed by atoms with Crippen LogP contribution in [0.5, 0.6) is 0 Å². The molecule has 0 spiro atoms. The number of nitrogens with one attached hydrogen (secondary N) is 1. The molecule has 0 saturated carbocycles. The normalized spacial score (nSPS) is 11.1. The summed E-state index contributed by atoms with van der Waals surface area (Å²) in [7, 11) is 1.27. The number of benzene rings is 1. The van der Waals surface area contributed by atoms with Crippen LogP contribution in [-0.4, -0.2) is 24.0 Å². The van der Waals surface area contributed by atoms with Gasteiger partial charge in [-0.1, -0.05) is 29.8 Å². The van der Waals surface area contributed by atoms with Crippen molar-refractivity contribution in [2.75, 3.05) is 7.11 Å². The topological polar surface area (TPSA) is 75.6 Å². The summed E-state index contributed by atoms with van der Waals surface area (Å²) >= 11 is 0. The number of hydroxylamine groups is 1. The van der Waals surface area contributed by atoms with Crippen molar-refractivity contribution in [2.45, 2.75) is 6.92 Å². The maximum atomic E-state index is 11.7. The molecule has 0 radical (unpaired) electrons. The van der Waals surface area contributed by atoms with Crippen molar-refractivity contribution < 1.29 is 19.5 Å². The lowest BCUT2D eigenvalue weighted by Gasteiger charge is -2.03. The first-order valence-electron chi connectivity index (χ1n) is 4.89. The average molecular weight is 235 g/mol. The molecule has 90 valence electrons. The Hall–Kier alpha value is -2.14. The van der Waals surface area contributed by atoms with Gasteiger partial charge in [-0.2, -0.15) is 0 Å². The van der Waals surface area contributed by atoms with Gasteiger partial charge in [0.25, 0.3) is 0 Å². The zero-order valence-electron chi connectivity index (χ0n) is 9.56. The van der Waals surface area contributed by atoms with Crippen molar-refractivity contribution in [3.8, 4) is 0 Å². The van der Waals surface area contributed by atoms with Gasteiger partial charge in [0, 0.05) is 11.6 Å². The number of allylic oxidation sites excluding steroid dienone is 1. The molecule has 1 aromatic rings. The lowest BCUT2D eigenvalue weighted by Crippen LogP contribution is -2.20. The van der Waals surface area contributed by atoms with Gasteiger partial charge in [-0.05, 0) is 6.92 Å². The molecule has 0 saturated heterocycles. The molecular formula is C12H13NO4. The minimum absolute atomic E-state index is 0.307. The van der Waals surface area contributed by atoms with Crippen molar-refractivity contribution >= 4 is 11.8 Å². The number of carbonyl (C=O) groups excluding carboxylic acids is 1. The average Bonchev–Trinajstić information content (AvgIpc) is 2.29. The molecule has 2 N–H and O–H groups in total. The number of carbonyl (C=O) groups is 2. The minimum atomic E-state index is -1.26. The van der Waals surface area contributed by atoms with Crippen LogP contribution in [0, 0.1) is 6.92 Å². The Bertz CT molecular complexity index is 448. The molecule has 1 aromatic carbocycles. The minimum Gasteiger partial charge on any atom is -0.477 e. The maximum absolute atomic E-state index is 11.7. The molecule has 0 aliphatic carbocycles. The van der Waals surface area contributed by atoms with Crippen LogP contribution >= 0.6 is 0 Å². The maximum Gasteiger partial charge on any atom is 0.354 e. The third kappa shape index (κ3) is 3.73. The largest absolute Gasteiger partial charge is 0.477 e. The summed E-state index contributed by atoms with van der Waals surface area (Å²) in [5.41, 5.74) is 3.28. The summed E-state index contributed by atoms with van der Waals surface area (Å²) < 4.78 is 0. The number of aryl methyl sites for hydroxylation is 1. The highest BCUT2D eigenvalue weighted by molar-refractivity contribution is 6.08. The summed E-state index contributed by atoms with van der Waals surface area (Å²) in [5.74, 6) is -1.65. The number of ketones is 1.